The fraction of sp³-hybridized carbons (Fsp3) is 0.789. The number of rotatable bonds is 0. The molecule has 5 rings (SSSR count). The Bertz CT molecular complexity index is 683. The summed E-state index contributed by atoms with van der Waals surface area (Å²) in [6.07, 6.45) is 10.5. The Morgan fingerprint density at radius 1 is 1.13 bits per heavy atom. The van der Waals surface area contributed by atoms with Crippen LogP contribution in [0.1, 0.15) is 62.9 Å². The van der Waals surface area contributed by atoms with Crippen LogP contribution in [0.3, 0.4) is 0 Å². The molecular weight excluding hydrogens is 304 g/mol. The minimum Gasteiger partial charge on any atom is -0.393 e. The van der Waals surface area contributed by atoms with Crippen LogP contribution in [0.25, 0.3) is 0 Å². The number of nitrogens with zero attached hydrogens (tertiary/aromatic N) is 2. The van der Waals surface area contributed by atoms with Crippen LogP contribution in [0.5, 0.6) is 0 Å². The lowest BCUT2D eigenvalue weighted by molar-refractivity contribution is -0.0171. The van der Waals surface area contributed by atoms with Gasteiger partial charge in [0.2, 0.25) is 0 Å². The Morgan fingerprint density at radius 2 is 1.96 bits per heavy atom. The van der Waals surface area contributed by atoms with Crippen molar-refractivity contribution in [3.8, 4) is 0 Å². The monoisotopic (exact) mass is 330 g/mol. The molecule has 1 heterocycles. The van der Waals surface area contributed by atoms with Crippen LogP contribution < -0.4 is 0 Å². The summed E-state index contributed by atoms with van der Waals surface area (Å²) in [5.74, 6) is 2.34. The van der Waals surface area contributed by atoms with E-state index in [1.54, 1.807) is 17.1 Å². The van der Waals surface area contributed by atoms with Crippen LogP contribution >= 0.6 is 11.5 Å². The van der Waals surface area contributed by atoms with Crippen molar-refractivity contribution < 1.29 is 5.11 Å². The van der Waals surface area contributed by atoms with Gasteiger partial charge in [-0.1, -0.05) is 30.0 Å². The highest BCUT2D eigenvalue weighted by Crippen LogP contribution is 2.64. The fourth-order valence-electron chi connectivity index (χ4n) is 6.61. The van der Waals surface area contributed by atoms with Gasteiger partial charge in [-0.2, -0.15) is 0 Å². The Balaban J connectivity index is 1.53. The van der Waals surface area contributed by atoms with E-state index in [0.717, 1.165) is 30.6 Å². The van der Waals surface area contributed by atoms with Crippen molar-refractivity contribution in [3.05, 3.63) is 22.2 Å². The second kappa shape index (κ2) is 4.66. The molecule has 1 aromatic heterocycles. The predicted molar refractivity (Wildman–Crippen MR) is 91.3 cm³/mol. The summed E-state index contributed by atoms with van der Waals surface area (Å²) in [5.41, 5.74) is 3.49. The molecule has 2 saturated carbocycles. The lowest BCUT2D eigenvalue weighted by atomic mass is 9.48. The Kier molecular flexibility index (Phi) is 2.96. The molecule has 0 unspecified atom stereocenters. The molecule has 6 atom stereocenters. The van der Waals surface area contributed by atoms with Crippen LogP contribution in [0.2, 0.25) is 0 Å². The summed E-state index contributed by atoms with van der Waals surface area (Å²) >= 11 is 1.63. The maximum atomic E-state index is 10.1. The van der Waals surface area contributed by atoms with Gasteiger partial charge in [0.25, 0.3) is 0 Å². The third kappa shape index (κ3) is 1.80. The zero-order valence-corrected chi connectivity index (χ0v) is 14.9. The minimum absolute atomic E-state index is 0.103. The lowest BCUT2D eigenvalue weighted by Crippen LogP contribution is -2.51. The Hall–Kier alpha value is -0.740. The van der Waals surface area contributed by atoms with E-state index in [4.69, 9.17) is 0 Å². The highest BCUT2D eigenvalue weighted by atomic mass is 32.1. The number of fused-ring (bicyclic) bond motifs is 7. The van der Waals surface area contributed by atoms with Gasteiger partial charge in [0, 0.05) is 10.3 Å². The molecule has 0 aliphatic heterocycles. The maximum absolute atomic E-state index is 10.1. The zero-order valence-electron chi connectivity index (χ0n) is 14.1. The SMILES string of the molecule is C[C@]12CC[C@H](O)CC1=CC[C@@H]1[C@@H]2CC[C@]2(C)c3nnsc3C[C@@H]12. The summed E-state index contributed by atoms with van der Waals surface area (Å²) in [6.45, 7) is 4.95. The van der Waals surface area contributed by atoms with E-state index < -0.39 is 0 Å². The molecule has 0 saturated heterocycles. The normalized spacial score (nSPS) is 48.0. The van der Waals surface area contributed by atoms with Crippen molar-refractivity contribution in [1.29, 1.82) is 0 Å². The van der Waals surface area contributed by atoms with Crippen LogP contribution in [-0.2, 0) is 11.8 Å². The molecule has 4 aliphatic carbocycles. The second-order valence-electron chi connectivity index (χ2n) is 8.86. The number of aliphatic hydroxyl groups excluding tert-OH is 1. The molecule has 3 nitrogen and oxygen atoms in total. The number of allylic oxidation sites excluding steroid dienone is 1. The van der Waals surface area contributed by atoms with Gasteiger partial charge in [-0.25, -0.2) is 0 Å². The number of hydrogen-bond acceptors (Lipinski definition) is 4. The number of aliphatic hydroxyl groups is 1. The molecule has 0 radical (unpaired) electrons. The molecule has 1 N–H and O–H groups in total. The van der Waals surface area contributed by atoms with Crippen LogP contribution in [0.15, 0.2) is 11.6 Å². The first-order valence-electron chi connectivity index (χ1n) is 9.21. The van der Waals surface area contributed by atoms with Crippen molar-refractivity contribution in [2.24, 2.45) is 23.2 Å². The average molecular weight is 330 g/mol. The second-order valence-corrected chi connectivity index (χ2v) is 9.70. The van der Waals surface area contributed by atoms with Crippen molar-refractivity contribution in [3.63, 3.8) is 0 Å². The molecule has 0 spiro atoms. The topological polar surface area (TPSA) is 46.0 Å². The number of aromatic nitrogens is 2. The van der Waals surface area contributed by atoms with Crippen LogP contribution in [0, 0.1) is 23.2 Å². The predicted octanol–water partition coefficient (Wildman–Crippen LogP) is 3.88. The quantitative estimate of drug-likeness (QED) is 0.734. The van der Waals surface area contributed by atoms with Gasteiger partial charge >= 0.3 is 0 Å². The molecule has 1 aromatic rings. The molecule has 124 valence electrons. The first-order chi connectivity index (χ1) is 11.0. The highest BCUT2D eigenvalue weighted by Gasteiger charge is 2.58. The first-order valence-corrected chi connectivity index (χ1v) is 9.99. The first kappa shape index (κ1) is 14.6. The molecule has 23 heavy (non-hydrogen) atoms. The third-order valence-electron chi connectivity index (χ3n) is 7.97. The minimum atomic E-state index is -0.103. The summed E-state index contributed by atoms with van der Waals surface area (Å²) in [5, 5.41) is 14.6. The van der Waals surface area contributed by atoms with E-state index in [1.165, 1.54) is 42.7 Å². The van der Waals surface area contributed by atoms with Crippen molar-refractivity contribution in [2.75, 3.05) is 0 Å². The largest absolute Gasteiger partial charge is 0.393 e. The van der Waals surface area contributed by atoms with Gasteiger partial charge < -0.3 is 5.11 Å². The van der Waals surface area contributed by atoms with E-state index >= 15 is 0 Å². The Labute approximate surface area is 142 Å². The lowest BCUT2D eigenvalue weighted by Gasteiger charge is -2.57. The van der Waals surface area contributed by atoms with E-state index in [1.807, 2.05) is 0 Å². The van der Waals surface area contributed by atoms with Gasteiger partial charge in [0.05, 0.1) is 11.8 Å². The molecular formula is C19H26N2OS. The van der Waals surface area contributed by atoms with Gasteiger partial charge in [-0.05, 0) is 79.6 Å². The third-order valence-corrected chi connectivity index (χ3v) is 8.71. The van der Waals surface area contributed by atoms with E-state index in [-0.39, 0.29) is 11.5 Å². The molecule has 4 heteroatoms. The van der Waals surface area contributed by atoms with Crippen LogP contribution in [-0.4, -0.2) is 20.8 Å². The Morgan fingerprint density at radius 3 is 2.83 bits per heavy atom. The molecule has 0 amide bonds. The maximum Gasteiger partial charge on any atom is 0.0849 e. The van der Waals surface area contributed by atoms with E-state index in [0.29, 0.717) is 5.41 Å². The van der Waals surface area contributed by atoms with Gasteiger partial charge in [-0.15, -0.1) is 5.10 Å². The zero-order chi connectivity index (χ0) is 15.8. The van der Waals surface area contributed by atoms with Crippen LogP contribution in [0.4, 0.5) is 0 Å². The van der Waals surface area contributed by atoms with Crippen molar-refractivity contribution >= 4 is 11.5 Å². The van der Waals surface area contributed by atoms with Gasteiger partial charge in [-0.3, -0.25) is 0 Å². The highest BCUT2D eigenvalue weighted by molar-refractivity contribution is 7.05. The molecule has 4 aliphatic rings. The summed E-state index contributed by atoms with van der Waals surface area (Å²) in [4.78, 5) is 1.46. The summed E-state index contributed by atoms with van der Waals surface area (Å²) in [6, 6.07) is 0. The average Bonchev–Trinajstić information content (AvgIpc) is 3.09. The van der Waals surface area contributed by atoms with Gasteiger partial charge in [0.1, 0.15) is 0 Å². The van der Waals surface area contributed by atoms with E-state index in [9.17, 15) is 5.11 Å². The standard InChI is InChI=1S/C19H26N2OS/c1-18-7-5-12(22)9-11(18)3-4-13-14(18)6-8-19(2)15(13)10-16-17(19)20-21-23-16/h3,12-15,22H,4-10H2,1-2H3/t12-,13+,14-,15-,18-,19-/m0/s1. The number of hydrogen-bond donors (Lipinski definition) is 1. The fourth-order valence-corrected chi connectivity index (χ4v) is 7.44. The summed E-state index contributed by atoms with van der Waals surface area (Å²) in [7, 11) is 0. The molecule has 0 bridgehead atoms. The van der Waals surface area contributed by atoms with Gasteiger partial charge in [0.15, 0.2) is 0 Å². The molecule has 0 aromatic carbocycles. The molecule has 2 fully saturated rings. The summed E-state index contributed by atoms with van der Waals surface area (Å²) < 4.78 is 4.22. The van der Waals surface area contributed by atoms with Crippen molar-refractivity contribution in [1.82, 2.24) is 9.59 Å². The smallest absolute Gasteiger partial charge is 0.0849 e. The van der Waals surface area contributed by atoms with E-state index in [2.05, 4.69) is 29.5 Å². The van der Waals surface area contributed by atoms with Crippen molar-refractivity contribution in [2.45, 2.75) is 70.3 Å².